The Morgan fingerprint density at radius 2 is 2.29 bits per heavy atom. The van der Waals surface area contributed by atoms with Crippen LogP contribution in [0.25, 0.3) is 6.08 Å². The zero-order valence-corrected chi connectivity index (χ0v) is 9.54. The Morgan fingerprint density at radius 1 is 1.47 bits per heavy atom. The second kappa shape index (κ2) is 4.78. The van der Waals surface area contributed by atoms with E-state index in [0.717, 1.165) is 24.5 Å². The van der Waals surface area contributed by atoms with Gasteiger partial charge in [0.05, 0.1) is 11.5 Å². The molecular weight excluding hydrogens is 218 g/mol. The summed E-state index contributed by atoms with van der Waals surface area (Å²) in [4.78, 5) is 16.6. The molecule has 0 aromatic heterocycles. The zero-order valence-electron chi connectivity index (χ0n) is 9.54. The molecule has 1 aromatic carbocycles. The summed E-state index contributed by atoms with van der Waals surface area (Å²) >= 11 is 0. The molecule has 0 N–H and O–H groups in total. The molecule has 0 saturated carbocycles. The van der Waals surface area contributed by atoms with Gasteiger partial charge in [-0.2, -0.15) is 0 Å². The van der Waals surface area contributed by atoms with E-state index in [9.17, 15) is 10.1 Å². The van der Waals surface area contributed by atoms with E-state index in [1.807, 2.05) is 30.2 Å². The van der Waals surface area contributed by atoms with E-state index >= 15 is 0 Å². The smallest absolute Gasteiger partial charge is 0.270 e. The maximum absolute atomic E-state index is 10.6. The van der Waals surface area contributed by atoms with Crippen LogP contribution in [0, 0.1) is 10.1 Å². The molecule has 0 bridgehead atoms. The van der Waals surface area contributed by atoms with Crippen molar-refractivity contribution in [2.45, 2.75) is 0 Å². The first kappa shape index (κ1) is 11.3. The topological polar surface area (TPSA) is 58.7 Å². The van der Waals surface area contributed by atoms with Gasteiger partial charge in [-0.3, -0.25) is 15.1 Å². The van der Waals surface area contributed by atoms with E-state index in [0.29, 0.717) is 0 Å². The number of aliphatic imine (C=N–C) groups is 1. The Bertz CT molecular complexity index is 494. The average Bonchev–Trinajstić information content (AvgIpc) is 2.72. The fourth-order valence-corrected chi connectivity index (χ4v) is 1.64. The van der Waals surface area contributed by atoms with Crippen LogP contribution in [0.15, 0.2) is 35.3 Å². The summed E-state index contributed by atoms with van der Waals surface area (Å²) in [6, 6.07) is 6.54. The van der Waals surface area contributed by atoms with Crippen molar-refractivity contribution < 1.29 is 4.92 Å². The van der Waals surface area contributed by atoms with Crippen LogP contribution in [0.4, 0.5) is 5.69 Å². The molecule has 0 atom stereocenters. The quantitative estimate of drug-likeness (QED) is 0.590. The van der Waals surface area contributed by atoms with Crippen molar-refractivity contribution in [1.29, 1.82) is 0 Å². The predicted octanol–water partition coefficient (Wildman–Crippen LogP) is 1.95. The summed E-state index contributed by atoms with van der Waals surface area (Å²) in [6.07, 6.45) is 3.72. The van der Waals surface area contributed by atoms with Crippen molar-refractivity contribution in [1.82, 2.24) is 4.90 Å². The molecule has 0 aliphatic carbocycles. The Morgan fingerprint density at radius 3 is 2.94 bits per heavy atom. The molecule has 0 saturated heterocycles. The van der Waals surface area contributed by atoms with Gasteiger partial charge in [-0.05, 0) is 11.6 Å². The van der Waals surface area contributed by atoms with Crippen LogP contribution < -0.4 is 0 Å². The highest BCUT2D eigenvalue weighted by Crippen LogP contribution is 2.14. The third-order valence-corrected chi connectivity index (χ3v) is 2.61. The Labute approximate surface area is 99.2 Å². The van der Waals surface area contributed by atoms with Crippen LogP contribution in [0.5, 0.6) is 0 Å². The van der Waals surface area contributed by atoms with Gasteiger partial charge >= 0.3 is 0 Å². The third-order valence-electron chi connectivity index (χ3n) is 2.61. The first-order valence-electron chi connectivity index (χ1n) is 5.35. The van der Waals surface area contributed by atoms with Crippen LogP contribution in [0.3, 0.4) is 0 Å². The highest BCUT2D eigenvalue weighted by atomic mass is 16.6. The lowest BCUT2D eigenvalue weighted by molar-refractivity contribution is -0.384. The molecule has 1 heterocycles. The number of hydrogen-bond donors (Lipinski definition) is 0. The van der Waals surface area contributed by atoms with Gasteiger partial charge in [0.1, 0.15) is 5.84 Å². The molecule has 1 aliphatic rings. The number of likely N-dealkylation sites (N-methyl/N-ethyl adjacent to an activating group) is 1. The SMILES string of the molecule is CN1CCN=C1/C=C/c1cccc([N+](=O)[O-])c1. The highest BCUT2D eigenvalue weighted by Gasteiger charge is 2.08. The minimum atomic E-state index is -0.392. The number of rotatable bonds is 3. The van der Waals surface area contributed by atoms with Crippen molar-refractivity contribution in [2.24, 2.45) is 4.99 Å². The first-order valence-corrected chi connectivity index (χ1v) is 5.35. The third kappa shape index (κ3) is 2.69. The van der Waals surface area contributed by atoms with Gasteiger partial charge in [-0.1, -0.05) is 18.2 Å². The maximum Gasteiger partial charge on any atom is 0.270 e. The van der Waals surface area contributed by atoms with E-state index in [4.69, 9.17) is 0 Å². The molecule has 5 heteroatoms. The molecule has 0 unspecified atom stereocenters. The number of nitrogens with zero attached hydrogens (tertiary/aromatic N) is 3. The average molecular weight is 231 g/mol. The van der Waals surface area contributed by atoms with Gasteiger partial charge in [-0.25, -0.2) is 0 Å². The lowest BCUT2D eigenvalue weighted by atomic mass is 10.2. The number of non-ortho nitro benzene ring substituents is 1. The summed E-state index contributed by atoms with van der Waals surface area (Å²) < 4.78 is 0. The monoisotopic (exact) mass is 231 g/mol. The van der Waals surface area contributed by atoms with Crippen LogP contribution in [-0.4, -0.2) is 35.8 Å². The normalized spacial score (nSPS) is 15.4. The second-order valence-corrected chi connectivity index (χ2v) is 3.85. The Hall–Kier alpha value is -2.17. The molecular formula is C12H13N3O2. The number of nitro benzene ring substituents is 1. The molecule has 88 valence electrons. The Kier molecular flexibility index (Phi) is 3.18. The molecule has 0 spiro atoms. The van der Waals surface area contributed by atoms with E-state index in [1.165, 1.54) is 6.07 Å². The second-order valence-electron chi connectivity index (χ2n) is 3.85. The molecule has 2 rings (SSSR count). The molecule has 17 heavy (non-hydrogen) atoms. The van der Waals surface area contributed by atoms with Crippen LogP contribution in [-0.2, 0) is 0 Å². The van der Waals surface area contributed by atoms with Crippen molar-refractivity contribution in [3.8, 4) is 0 Å². The molecule has 5 nitrogen and oxygen atoms in total. The molecule has 1 aliphatic heterocycles. The van der Waals surface area contributed by atoms with E-state index in [-0.39, 0.29) is 5.69 Å². The summed E-state index contributed by atoms with van der Waals surface area (Å²) in [5, 5.41) is 10.6. The minimum absolute atomic E-state index is 0.105. The van der Waals surface area contributed by atoms with E-state index in [1.54, 1.807) is 12.1 Å². The predicted molar refractivity (Wildman–Crippen MR) is 67.1 cm³/mol. The number of amidine groups is 1. The van der Waals surface area contributed by atoms with Gasteiger partial charge in [0.2, 0.25) is 0 Å². The number of hydrogen-bond acceptors (Lipinski definition) is 4. The van der Waals surface area contributed by atoms with Gasteiger partial charge in [0.25, 0.3) is 5.69 Å². The standard InChI is InChI=1S/C12H13N3O2/c1-14-8-7-13-12(14)6-5-10-3-2-4-11(9-10)15(16)17/h2-6,9H,7-8H2,1H3/b6-5+. The summed E-state index contributed by atoms with van der Waals surface area (Å²) in [5.74, 6) is 0.913. The van der Waals surface area contributed by atoms with Gasteiger partial charge in [-0.15, -0.1) is 0 Å². The fourth-order valence-electron chi connectivity index (χ4n) is 1.64. The van der Waals surface area contributed by atoms with E-state index in [2.05, 4.69) is 4.99 Å². The summed E-state index contributed by atoms with van der Waals surface area (Å²) in [6.45, 7) is 1.74. The lowest BCUT2D eigenvalue weighted by Crippen LogP contribution is -2.20. The van der Waals surface area contributed by atoms with Crippen molar-refractivity contribution in [2.75, 3.05) is 20.1 Å². The van der Waals surface area contributed by atoms with Crippen LogP contribution >= 0.6 is 0 Å². The van der Waals surface area contributed by atoms with Crippen molar-refractivity contribution in [3.63, 3.8) is 0 Å². The molecule has 0 fully saturated rings. The minimum Gasteiger partial charge on any atom is -0.358 e. The number of benzene rings is 1. The van der Waals surface area contributed by atoms with Gasteiger partial charge in [0.15, 0.2) is 0 Å². The summed E-state index contributed by atoms with van der Waals surface area (Å²) in [7, 11) is 1.98. The molecule has 1 aromatic rings. The fraction of sp³-hybridized carbons (Fsp3) is 0.250. The highest BCUT2D eigenvalue weighted by molar-refractivity contribution is 5.97. The first-order chi connectivity index (χ1) is 8.16. The zero-order chi connectivity index (χ0) is 12.3. The van der Waals surface area contributed by atoms with Gasteiger partial charge in [0, 0.05) is 25.7 Å². The summed E-state index contributed by atoms with van der Waals surface area (Å²) in [5.41, 5.74) is 0.913. The van der Waals surface area contributed by atoms with Crippen LogP contribution in [0.1, 0.15) is 5.56 Å². The molecule has 0 radical (unpaired) electrons. The van der Waals surface area contributed by atoms with E-state index < -0.39 is 4.92 Å². The van der Waals surface area contributed by atoms with Crippen molar-refractivity contribution >= 4 is 17.6 Å². The van der Waals surface area contributed by atoms with Gasteiger partial charge < -0.3 is 4.90 Å². The Balaban J connectivity index is 2.16. The van der Waals surface area contributed by atoms with Crippen molar-refractivity contribution in [3.05, 3.63) is 46.0 Å². The molecule has 0 amide bonds. The maximum atomic E-state index is 10.6. The largest absolute Gasteiger partial charge is 0.358 e. The number of nitro groups is 1. The lowest BCUT2D eigenvalue weighted by Gasteiger charge is -2.09. The van der Waals surface area contributed by atoms with Crippen LogP contribution in [0.2, 0.25) is 0 Å².